The minimum absolute atomic E-state index is 0.450. The number of nitro groups is 1. The Bertz CT molecular complexity index is 526. The number of rotatable bonds is 4. The molecule has 5 heteroatoms. The van der Waals surface area contributed by atoms with Crippen molar-refractivity contribution in [1.82, 2.24) is 4.98 Å². The maximum Gasteiger partial charge on any atom is 0.233 e. The Balaban J connectivity index is 2.18. The molecule has 1 aromatic heterocycles. The van der Waals surface area contributed by atoms with Crippen LogP contribution < -0.4 is 0 Å². The summed E-state index contributed by atoms with van der Waals surface area (Å²) < 4.78 is 0. The summed E-state index contributed by atoms with van der Waals surface area (Å²) >= 11 is 0. The molecule has 0 radical (unpaired) electrons. The summed E-state index contributed by atoms with van der Waals surface area (Å²) in [4.78, 5) is 13.9. The molecule has 0 unspecified atom stereocenters. The number of aromatic nitrogens is 1. The molecule has 0 aliphatic carbocycles. The fraction of sp³-hybridized carbons (Fsp3) is 0.154. The average Bonchev–Trinajstić information content (AvgIpc) is 2.39. The standard InChI is InChI=1S/C13H12N2O3/c16-13(9-15(17)18)11-6-7-12(14-8-11)10-4-2-1-3-5-10/h1-8,13,16H,9H2/t13-/m0/s1. The van der Waals surface area contributed by atoms with Gasteiger partial charge in [0.1, 0.15) is 6.10 Å². The van der Waals surface area contributed by atoms with E-state index in [1.54, 1.807) is 12.1 Å². The van der Waals surface area contributed by atoms with Crippen molar-refractivity contribution in [3.05, 3.63) is 64.3 Å². The quantitative estimate of drug-likeness (QED) is 0.659. The highest BCUT2D eigenvalue weighted by atomic mass is 16.6. The van der Waals surface area contributed by atoms with Crippen molar-refractivity contribution >= 4 is 0 Å². The minimum Gasteiger partial charge on any atom is -0.381 e. The second-order valence-electron chi connectivity index (χ2n) is 3.87. The van der Waals surface area contributed by atoms with Crippen LogP contribution in [-0.2, 0) is 0 Å². The van der Waals surface area contributed by atoms with Gasteiger partial charge in [0.2, 0.25) is 6.54 Å². The van der Waals surface area contributed by atoms with Gasteiger partial charge in [-0.2, -0.15) is 0 Å². The van der Waals surface area contributed by atoms with Crippen molar-refractivity contribution in [3.63, 3.8) is 0 Å². The Morgan fingerprint density at radius 1 is 1.22 bits per heavy atom. The van der Waals surface area contributed by atoms with Gasteiger partial charge in [-0.05, 0) is 6.07 Å². The van der Waals surface area contributed by atoms with Gasteiger partial charge >= 0.3 is 0 Å². The summed E-state index contributed by atoms with van der Waals surface area (Å²) in [5.74, 6) is 0. The molecule has 0 saturated heterocycles. The summed E-state index contributed by atoms with van der Waals surface area (Å²) in [7, 11) is 0. The number of pyridine rings is 1. The first kappa shape index (κ1) is 12.2. The summed E-state index contributed by atoms with van der Waals surface area (Å²) in [5, 5.41) is 19.9. The predicted octanol–water partition coefficient (Wildman–Crippen LogP) is 2.06. The van der Waals surface area contributed by atoms with Gasteiger partial charge in [-0.1, -0.05) is 36.4 Å². The molecule has 0 aliphatic heterocycles. The van der Waals surface area contributed by atoms with Crippen LogP contribution in [0.25, 0.3) is 11.3 Å². The molecule has 0 aliphatic rings. The average molecular weight is 244 g/mol. The van der Waals surface area contributed by atoms with E-state index < -0.39 is 17.6 Å². The summed E-state index contributed by atoms with van der Waals surface area (Å²) in [6.07, 6.45) is 0.355. The van der Waals surface area contributed by atoms with Gasteiger partial charge in [-0.15, -0.1) is 0 Å². The van der Waals surface area contributed by atoms with Crippen molar-refractivity contribution < 1.29 is 10.0 Å². The van der Waals surface area contributed by atoms with Gasteiger partial charge < -0.3 is 5.11 Å². The molecular weight excluding hydrogens is 232 g/mol. The van der Waals surface area contributed by atoms with Gasteiger partial charge in [0.15, 0.2) is 0 Å². The van der Waals surface area contributed by atoms with Crippen molar-refractivity contribution in [2.75, 3.05) is 6.54 Å². The van der Waals surface area contributed by atoms with E-state index in [0.717, 1.165) is 11.3 Å². The second-order valence-corrected chi connectivity index (χ2v) is 3.87. The lowest BCUT2D eigenvalue weighted by Gasteiger charge is -2.07. The van der Waals surface area contributed by atoms with E-state index in [0.29, 0.717) is 5.56 Å². The van der Waals surface area contributed by atoms with E-state index in [9.17, 15) is 15.2 Å². The first-order chi connectivity index (χ1) is 8.66. The van der Waals surface area contributed by atoms with Crippen LogP contribution in [0.2, 0.25) is 0 Å². The van der Waals surface area contributed by atoms with Crippen LogP contribution in [0.5, 0.6) is 0 Å². The molecule has 2 aromatic rings. The van der Waals surface area contributed by atoms with E-state index in [1.165, 1.54) is 6.20 Å². The van der Waals surface area contributed by atoms with Gasteiger partial charge in [0.05, 0.1) is 5.69 Å². The van der Waals surface area contributed by atoms with Crippen LogP contribution in [0.1, 0.15) is 11.7 Å². The van der Waals surface area contributed by atoms with E-state index >= 15 is 0 Å². The van der Waals surface area contributed by atoms with Gasteiger partial charge in [-0.25, -0.2) is 0 Å². The fourth-order valence-corrected chi connectivity index (χ4v) is 1.63. The molecule has 0 fully saturated rings. The molecule has 1 atom stereocenters. The molecule has 0 amide bonds. The van der Waals surface area contributed by atoms with Crippen LogP contribution in [-0.4, -0.2) is 21.6 Å². The Morgan fingerprint density at radius 2 is 1.94 bits per heavy atom. The van der Waals surface area contributed by atoms with Crippen molar-refractivity contribution in [1.29, 1.82) is 0 Å². The fourth-order valence-electron chi connectivity index (χ4n) is 1.63. The highest BCUT2D eigenvalue weighted by molar-refractivity contribution is 5.58. The maximum absolute atomic E-state index is 10.3. The lowest BCUT2D eigenvalue weighted by atomic mass is 10.1. The van der Waals surface area contributed by atoms with E-state index in [4.69, 9.17) is 0 Å². The third kappa shape index (κ3) is 2.89. The van der Waals surface area contributed by atoms with Crippen LogP contribution in [0.3, 0.4) is 0 Å². The number of hydrogen-bond acceptors (Lipinski definition) is 4. The Kier molecular flexibility index (Phi) is 3.64. The number of aliphatic hydroxyl groups is 1. The normalized spacial score (nSPS) is 12.1. The zero-order valence-corrected chi connectivity index (χ0v) is 9.56. The zero-order chi connectivity index (χ0) is 13.0. The highest BCUT2D eigenvalue weighted by Gasteiger charge is 2.14. The zero-order valence-electron chi connectivity index (χ0n) is 9.56. The maximum atomic E-state index is 10.3. The summed E-state index contributed by atoms with van der Waals surface area (Å²) in [5.41, 5.74) is 2.19. The van der Waals surface area contributed by atoms with Crippen molar-refractivity contribution in [2.24, 2.45) is 0 Å². The third-order valence-corrected chi connectivity index (χ3v) is 2.56. The monoisotopic (exact) mass is 244 g/mol. The molecule has 92 valence electrons. The molecule has 1 heterocycles. The Morgan fingerprint density at radius 3 is 2.50 bits per heavy atom. The first-order valence-electron chi connectivity index (χ1n) is 5.48. The molecule has 5 nitrogen and oxygen atoms in total. The number of nitrogens with zero attached hydrogens (tertiary/aromatic N) is 2. The highest BCUT2D eigenvalue weighted by Crippen LogP contribution is 2.19. The number of aliphatic hydroxyl groups excluding tert-OH is 1. The lowest BCUT2D eigenvalue weighted by Crippen LogP contribution is -2.11. The molecule has 0 spiro atoms. The van der Waals surface area contributed by atoms with Crippen LogP contribution in [0.15, 0.2) is 48.7 Å². The number of benzene rings is 1. The number of hydrogen-bond donors (Lipinski definition) is 1. The van der Waals surface area contributed by atoms with Crippen LogP contribution in [0, 0.1) is 10.1 Å². The van der Waals surface area contributed by atoms with E-state index in [2.05, 4.69) is 4.98 Å². The first-order valence-corrected chi connectivity index (χ1v) is 5.48. The molecule has 1 N–H and O–H groups in total. The van der Waals surface area contributed by atoms with Crippen LogP contribution in [0.4, 0.5) is 0 Å². The summed E-state index contributed by atoms with van der Waals surface area (Å²) in [6.45, 7) is -0.508. The van der Waals surface area contributed by atoms with E-state index in [-0.39, 0.29) is 0 Å². The predicted molar refractivity (Wildman–Crippen MR) is 66.5 cm³/mol. The van der Waals surface area contributed by atoms with Gasteiger partial charge in [0, 0.05) is 22.2 Å². The molecule has 18 heavy (non-hydrogen) atoms. The van der Waals surface area contributed by atoms with Crippen LogP contribution >= 0.6 is 0 Å². The molecule has 0 saturated carbocycles. The van der Waals surface area contributed by atoms with Gasteiger partial charge in [-0.3, -0.25) is 15.1 Å². The Hall–Kier alpha value is -2.27. The topological polar surface area (TPSA) is 76.3 Å². The molecule has 0 bridgehead atoms. The van der Waals surface area contributed by atoms with Gasteiger partial charge in [0.25, 0.3) is 0 Å². The molecule has 2 rings (SSSR count). The Labute approximate surface area is 104 Å². The molecular formula is C13H12N2O3. The third-order valence-electron chi connectivity index (χ3n) is 2.56. The SMILES string of the molecule is O=[N+]([O-])C[C@H](O)c1ccc(-c2ccccc2)nc1. The largest absolute Gasteiger partial charge is 0.381 e. The van der Waals surface area contributed by atoms with Crippen molar-refractivity contribution in [2.45, 2.75) is 6.10 Å². The minimum atomic E-state index is -1.11. The smallest absolute Gasteiger partial charge is 0.233 e. The second kappa shape index (κ2) is 5.37. The molecule has 1 aromatic carbocycles. The van der Waals surface area contributed by atoms with E-state index in [1.807, 2.05) is 30.3 Å². The van der Waals surface area contributed by atoms with Crippen molar-refractivity contribution in [3.8, 4) is 11.3 Å². The summed E-state index contributed by atoms with van der Waals surface area (Å²) in [6, 6.07) is 13.0. The lowest BCUT2D eigenvalue weighted by molar-refractivity contribution is -0.491.